The van der Waals surface area contributed by atoms with Gasteiger partial charge in [-0.05, 0) is 36.4 Å². The lowest BCUT2D eigenvalue weighted by Gasteiger charge is -2.03. The Morgan fingerprint density at radius 2 is 2.21 bits per heavy atom. The lowest BCUT2D eigenvalue weighted by atomic mass is 10.1. The van der Waals surface area contributed by atoms with Crippen LogP contribution in [-0.4, -0.2) is 21.4 Å². The maximum absolute atomic E-state index is 11.9. The summed E-state index contributed by atoms with van der Waals surface area (Å²) >= 11 is 2.53. The SMILES string of the molecule is NC(=O)c1c(NC(=O)c2csnn2)sc2c1CCC2. The van der Waals surface area contributed by atoms with Gasteiger partial charge in [0.1, 0.15) is 5.00 Å². The third-order valence-electron chi connectivity index (χ3n) is 2.99. The fraction of sp³-hybridized carbons (Fsp3) is 0.273. The van der Waals surface area contributed by atoms with Crippen LogP contribution in [0.25, 0.3) is 0 Å². The first-order valence-electron chi connectivity index (χ1n) is 5.69. The molecule has 0 radical (unpaired) electrons. The molecule has 2 aromatic rings. The van der Waals surface area contributed by atoms with Crippen molar-refractivity contribution >= 4 is 39.7 Å². The molecule has 3 rings (SSSR count). The molecule has 3 N–H and O–H groups in total. The van der Waals surface area contributed by atoms with E-state index in [2.05, 4.69) is 14.9 Å². The van der Waals surface area contributed by atoms with E-state index in [4.69, 9.17) is 5.73 Å². The summed E-state index contributed by atoms with van der Waals surface area (Å²) in [7, 11) is 0. The molecule has 6 nitrogen and oxygen atoms in total. The molecule has 2 aromatic heterocycles. The van der Waals surface area contributed by atoms with Gasteiger partial charge >= 0.3 is 0 Å². The number of fused-ring (bicyclic) bond motifs is 1. The number of thiophene rings is 1. The lowest BCUT2D eigenvalue weighted by Crippen LogP contribution is -2.18. The highest BCUT2D eigenvalue weighted by atomic mass is 32.1. The zero-order valence-corrected chi connectivity index (χ0v) is 11.4. The fourth-order valence-electron chi connectivity index (χ4n) is 2.18. The fourth-order valence-corrected chi connectivity index (χ4v) is 3.91. The summed E-state index contributed by atoms with van der Waals surface area (Å²) in [4.78, 5) is 24.6. The number of rotatable bonds is 3. The van der Waals surface area contributed by atoms with Crippen LogP contribution in [0, 0.1) is 0 Å². The lowest BCUT2D eigenvalue weighted by molar-refractivity contribution is 0.100. The highest BCUT2D eigenvalue weighted by Gasteiger charge is 2.26. The number of nitrogens with zero attached hydrogens (tertiary/aromatic N) is 2. The van der Waals surface area contributed by atoms with Gasteiger partial charge in [0.25, 0.3) is 11.8 Å². The van der Waals surface area contributed by atoms with E-state index in [0.717, 1.165) is 41.2 Å². The van der Waals surface area contributed by atoms with Crippen molar-refractivity contribution in [1.82, 2.24) is 9.59 Å². The molecule has 0 saturated carbocycles. The van der Waals surface area contributed by atoms with Crippen LogP contribution in [0.5, 0.6) is 0 Å². The highest BCUT2D eigenvalue weighted by molar-refractivity contribution is 7.17. The Morgan fingerprint density at radius 1 is 1.37 bits per heavy atom. The van der Waals surface area contributed by atoms with E-state index in [1.54, 1.807) is 5.38 Å². The third kappa shape index (κ3) is 2.13. The number of nitrogens with two attached hydrogens (primary N) is 1. The molecule has 0 saturated heterocycles. The zero-order chi connectivity index (χ0) is 13.4. The van der Waals surface area contributed by atoms with E-state index in [0.29, 0.717) is 10.6 Å². The molecule has 1 aliphatic carbocycles. The van der Waals surface area contributed by atoms with Crippen LogP contribution in [0.3, 0.4) is 0 Å². The number of amides is 2. The highest BCUT2D eigenvalue weighted by Crippen LogP contribution is 2.38. The van der Waals surface area contributed by atoms with Crippen LogP contribution in [0.1, 0.15) is 37.7 Å². The minimum Gasteiger partial charge on any atom is -0.365 e. The van der Waals surface area contributed by atoms with Crippen molar-refractivity contribution in [1.29, 1.82) is 0 Å². The Kier molecular flexibility index (Phi) is 3.03. The van der Waals surface area contributed by atoms with Crippen molar-refractivity contribution in [3.05, 3.63) is 27.1 Å². The van der Waals surface area contributed by atoms with Gasteiger partial charge in [-0.2, -0.15) is 0 Å². The van der Waals surface area contributed by atoms with Gasteiger partial charge < -0.3 is 11.1 Å². The van der Waals surface area contributed by atoms with Crippen molar-refractivity contribution in [3.8, 4) is 0 Å². The van der Waals surface area contributed by atoms with E-state index in [9.17, 15) is 9.59 Å². The first-order chi connectivity index (χ1) is 9.16. The molecule has 0 unspecified atom stereocenters. The summed E-state index contributed by atoms with van der Waals surface area (Å²) in [5.41, 5.74) is 7.10. The zero-order valence-electron chi connectivity index (χ0n) is 9.80. The summed E-state index contributed by atoms with van der Waals surface area (Å²) in [5.74, 6) is -0.859. The predicted molar refractivity (Wildman–Crippen MR) is 72.7 cm³/mol. The minimum atomic E-state index is -0.494. The van der Waals surface area contributed by atoms with Crippen LogP contribution in [0.4, 0.5) is 5.00 Å². The number of nitrogens with one attached hydrogen (secondary N) is 1. The van der Waals surface area contributed by atoms with Gasteiger partial charge in [0.2, 0.25) is 0 Å². The monoisotopic (exact) mass is 294 g/mol. The second-order valence-corrected chi connectivity index (χ2v) is 5.88. The molecular weight excluding hydrogens is 284 g/mol. The number of anilines is 1. The van der Waals surface area contributed by atoms with Crippen LogP contribution in [-0.2, 0) is 12.8 Å². The maximum atomic E-state index is 11.9. The van der Waals surface area contributed by atoms with E-state index in [1.165, 1.54) is 11.3 Å². The van der Waals surface area contributed by atoms with Crippen molar-refractivity contribution in [2.45, 2.75) is 19.3 Å². The van der Waals surface area contributed by atoms with Gasteiger partial charge in [-0.25, -0.2) is 0 Å². The summed E-state index contributed by atoms with van der Waals surface area (Å²) < 4.78 is 3.64. The van der Waals surface area contributed by atoms with Crippen molar-refractivity contribution in [3.63, 3.8) is 0 Å². The van der Waals surface area contributed by atoms with Crippen LogP contribution < -0.4 is 11.1 Å². The van der Waals surface area contributed by atoms with Crippen molar-refractivity contribution in [2.75, 3.05) is 5.32 Å². The van der Waals surface area contributed by atoms with E-state index < -0.39 is 5.91 Å². The molecule has 1 aliphatic rings. The quantitative estimate of drug-likeness (QED) is 0.895. The largest absolute Gasteiger partial charge is 0.365 e. The third-order valence-corrected chi connectivity index (χ3v) is 4.70. The summed E-state index contributed by atoms with van der Waals surface area (Å²) in [5, 5.41) is 8.48. The van der Waals surface area contributed by atoms with Crippen molar-refractivity contribution in [2.24, 2.45) is 5.73 Å². The van der Waals surface area contributed by atoms with Crippen LogP contribution in [0.2, 0.25) is 0 Å². The molecule has 0 aromatic carbocycles. The first kappa shape index (κ1) is 12.2. The Morgan fingerprint density at radius 3 is 2.89 bits per heavy atom. The normalized spacial score (nSPS) is 13.3. The van der Waals surface area contributed by atoms with E-state index in [-0.39, 0.29) is 11.6 Å². The topological polar surface area (TPSA) is 98.0 Å². The maximum Gasteiger partial charge on any atom is 0.277 e. The molecule has 0 atom stereocenters. The summed E-state index contributed by atoms with van der Waals surface area (Å²) in [6.07, 6.45) is 2.82. The molecule has 98 valence electrons. The number of aromatic nitrogens is 2. The molecule has 0 bridgehead atoms. The Bertz CT molecular complexity index is 648. The number of primary amides is 1. The number of aryl methyl sites for hydroxylation is 1. The number of hydrogen-bond donors (Lipinski definition) is 2. The average Bonchev–Trinajstić information content (AvgIpc) is 3.03. The minimum absolute atomic E-state index is 0.244. The van der Waals surface area contributed by atoms with Crippen molar-refractivity contribution < 1.29 is 9.59 Å². The van der Waals surface area contributed by atoms with Gasteiger partial charge in [0, 0.05) is 10.3 Å². The molecule has 8 heteroatoms. The summed E-state index contributed by atoms with van der Waals surface area (Å²) in [6.45, 7) is 0. The van der Waals surface area contributed by atoms with E-state index in [1.807, 2.05) is 0 Å². The first-order valence-corrected chi connectivity index (χ1v) is 7.35. The number of carbonyl (C=O) groups is 2. The molecule has 2 heterocycles. The molecular formula is C11H10N4O2S2. The predicted octanol–water partition coefficient (Wildman–Crippen LogP) is 1.44. The molecule has 0 spiro atoms. The standard InChI is InChI=1S/C11H10N4O2S2/c12-9(16)8-5-2-1-3-7(5)19-11(8)13-10(17)6-4-18-15-14-6/h4H,1-3H2,(H2,12,16)(H,13,17). The van der Waals surface area contributed by atoms with Gasteiger partial charge in [-0.1, -0.05) is 4.49 Å². The smallest absolute Gasteiger partial charge is 0.277 e. The Hall–Kier alpha value is -1.80. The Labute approximate surface area is 116 Å². The number of carbonyl (C=O) groups excluding carboxylic acids is 2. The second-order valence-electron chi connectivity index (χ2n) is 4.17. The molecule has 0 aliphatic heterocycles. The molecule has 0 fully saturated rings. The van der Waals surface area contributed by atoms with Crippen LogP contribution >= 0.6 is 22.9 Å². The molecule has 2 amide bonds. The second kappa shape index (κ2) is 4.71. The van der Waals surface area contributed by atoms with Gasteiger partial charge in [0.15, 0.2) is 5.69 Å². The van der Waals surface area contributed by atoms with Gasteiger partial charge in [-0.15, -0.1) is 16.4 Å². The van der Waals surface area contributed by atoms with E-state index >= 15 is 0 Å². The molecule has 19 heavy (non-hydrogen) atoms. The average molecular weight is 294 g/mol. The number of hydrogen-bond acceptors (Lipinski definition) is 6. The Balaban J connectivity index is 1.93. The van der Waals surface area contributed by atoms with Crippen LogP contribution in [0.15, 0.2) is 5.38 Å². The van der Waals surface area contributed by atoms with Gasteiger partial charge in [-0.3, -0.25) is 9.59 Å². The summed E-state index contributed by atoms with van der Waals surface area (Å²) in [6, 6.07) is 0. The van der Waals surface area contributed by atoms with Gasteiger partial charge in [0.05, 0.1) is 5.56 Å².